The van der Waals surface area contributed by atoms with Crippen LogP contribution in [0.1, 0.15) is 11.1 Å². The maximum atomic E-state index is 10.6. The summed E-state index contributed by atoms with van der Waals surface area (Å²) in [7, 11) is 0. The Balaban J connectivity index is 2.17. The Morgan fingerprint density at radius 2 is 1.33 bits per heavy atom. The smallest absolute Gasteiger partial charge is 0.146 e. The van der Waals surface area contributed by atoms with Gasteiger partial charge in [0, 0.05) is 5.75 Å². The Bertz CT molecular complexity index is 837. The molecule has 0 fully saturated rings. The molecule has 0 bridgehead atoms. The van der Waals surface area contributed by atoms with Gasteiger partial charge in [0.25, 0.3) is 0 Å². The van der Waals surface area contributed by atoms with E-state index in [0.29, 0.717) is 16.9 Å². The first-order valence-electron chi connectivity index (χ1n) is 9.29. The van der Waals surface area contributed by atoms with Crippen molar-refractivity contribution in [3.63, 3.8) is 0 Å². The summed E-state index contributed by atoms with van der Waals surface area (Å²) < 4.78 is 5.48. The number of benzene rings is 2. The molecule has 0 saturated heterocycles. The van der Waals surface area contributed by atoms with E-state index in [1.54, 1.807) is 60.7 Å². The summed E-state index contributed by atoms with van der Waals surface area (Å²) in [4.78, 5) is 0. The summed E-state index contributed by atoms with van der Waals surface area (Å²) in [6.07, 6.45) is -2.77. The summed E-state index contributed by atoms with van der Waals surface area (Å²) in [6.45, 7) is 3.59. The quantitative estimate of drug-likeness (QED) is 0.161. The lowest BCUT2D eigenvalue weighted by Gasteiger charge is -2.27. The molecule has 0 aliphatic heterocycles. The molecular formula is C23H26O6S. The lowest BCUT2D eigenvalue weighted by molar-refractivity contribution is -0.0980. The van der Waals surface area contributed by atoms with E-state index in [-0.39, 0.29) is 5.76 Å². The van der Waals surface area contributed by atoms with E-state index in [2.05, 4.69) is 6.58 Å². The average Bonchev–Trinajstić information content (AvgIpc) is 2.78. The largest absolute Gasteiger partial charge is 0.509 e. The van der Waals surface area contributed by atoms with E-state index in [1.165, 1.54) is 12.2 Å². The maximum absolute atomic E-state index is 10.6. The highest BCUT2D eigenvalue weighted by atomic mass is 32.2. The van der Waals surface area contributed by atoms with Gasteiger partial charge in [0.1, 0.15) is 35.9 Å². The molecule has 0 amide bonds. The molecule has 0 radical (unpaired) electrons. The van der Waals surface area contributed by atoms with Gasteiger partial charge in [-0.05, 0) is 23.3 Å². The SMILES string of the molecule is C=CCSOC(=Cc1ccccc1)[C@H](O)[C@@H](O)[C@H](O)[C@H](O)C(O)=Cc1ccccc1. The van der Waals surface area contributed by atoms with Gasteiger partial charge in [-0.25, -0.2) is 0 Å². The molecule has 0 heterocycles. The van der Waals surface area contributed by atoms with Crippen molar-refractivity contribution in [1.82, 2.24) is 0 Å². The Morgan fingerprint density at radius 1 is 0.833 bits per heavy atom. The molecule has 0 aliphatic rings. The van der Waals surface area contributed by atoms with Crippen LogP contribution in [0.25, 0.3) is 12.2 Å². The van der Waals surface area contributed by atoms with Crippen molar-refractivity contribution < 1.29 is 29.7 Å². The van der Waals surface area contributed by atoms with Gasteiger partial charge < -0.3 is 29.7 Å². The van der Waals surface area contributed by atoms with Crippen LogP contribution in [0.4, 0.5) is 0 Å². The molecule has 2 aromatic carbocycles. The summed E-state index contributed by atoms with van der Waals surface area (Å²) in [5.74, 6) is -0.130. The van der Waals surface area contributed by atoms with Gasteiger partial charge in [-0.3, -0.25) is 0 Å². The second-order valence-electron chi connectivity index (χ2n) is 6.46. The zero-order valence-electron chi connectivity index (χ0n) is 16.3. The van der Waals surface area contributed by atoms with Crippen molar-refractivity contribution in [2.75, 3.05) is 5.75 Å². The van der Waals surface area contributed by atoms with Crippen LogP contribution in [0.2, 0.25) is 0 Å². The first kappa shape index (κ1) is 23.7. The molecule has 0 aliphatic carbocycles. The van der Waals surface area contributed by atoms with Gasteiger partial charge in [-0.1, -0.05) is 66.7 Å². The fourth-order valence-corrected chi connectivity index (χ4v) is 2.99. The van der Waals surface area contributed by atoms with Crippen LogP contribution >= 0.6 is 12.0 Å². The minimum absolute atomic E-state index is 0.0154. The van der Waals surface area contributed by atoms with Crippen molar-refractivity contribution in [2.24, 2.45) is 0 Å². The molecule has 5 N–H and O–H groups in total. The molecule has 160 valence electrons. The molecule has 4 atom stereocenters. The molecule has 0 saturated carbocycles. The third kappa shape index (κ3) is 7.05. The van der Waals surface area contributed by atoms with Gasteiger partial charge >= 0.3 is 0 Å². The Morgan fingerprint density at radius 3 is 1.87 bits per heavy atom. The van der Waals surface area contributed by atoms with E-state index in [4.69, 9.17) is 4.18 Å². The van der Waals surface area contributed by atoms with Gasteiger partial charge in [-0.15, -0.1) is 6.58 Å². The van der Waals surface area contributed by atoms with Crippen molar-refractivity contribution in [1.29, 1.82) is 0 Å². The zero-order valence-corrected chi connectivity index (χ0v) is 17.1. The van der Waals surface area contributed by atoms with Crippen LogP contribution in [-0.2, 0) is 4.18 Å². The molecule has 0 aromatic heterocycles. The molecule has 0 spiro atoms. The van der Waals surface area contributed by atoms with E-state index in [9.17, 15) is 25.5 Å². The second kappa shape index (κ2) is 12.2. The van der Waals surface area contributed by atoms with Crippen molar-refractivity contribution in [2.45, 2.75) is 24.4 Å². The number of hydrogen-bond acceptors (Lipinski definition) is 7. The van der Waals surface area contributed by atoms with Crippen LogP contribution < -0.4 is 0 Å². The van der Waals surface area contributed by atoms with E-state index in [1.807, 2.05) is 6.07 Å². The molecule has 0 unspecified atom stereocenters. The topological polar surface area (TPSA) is 110 Å². The number of rotatable bonds is 11. The van der Waals surface area contributed by atoms with Gasteiger partial charge in [-0.2, -0.15) is 0 Å². The monoisotopic (exact) mass is 430 g/mol. The maximum Gasteiger partial charge on any atom is 0.146 e. The summed E-state index contributed by atoms with van der Waals surface area (Å²) in [6, 6.07) is 17.7. The van der Waals surface area contributed by atoms with Crippen LogP contribution in [0.5, 0.6) is 0 Å². The fourth-order valence-electron chi connectivity index (χ4n) is 2.54. The third-order valence-electron chi connectivity index (χ3n) is 4.16. The van der Waals surface area contributed by atoms with Gasteiger partial charge in [0.2, 0.25) is 0 Å². The number of hydrogen-bond donors (Lipinski definition) is 5. The van der Waals surface area contributed by atoms with Crippen LogP contribution in [0, 0.1) is 0 Å². The summed E-state index contributed by atoms with van der Waals surface area (Å²) in [5.41, 5.74) is 1.31. The first-order valence-corrected chi connectivity index (χ1v) is 10.2. The Kier molecular flexibility index (Phi) is 9.66. The first-order chi connectivity index (χ1) is 14.4. The van der Waals surface area contributed by atoms with E-state index >= 15 is 0 Å². The van der Waals surface area contributed by atoms with Gasteiger partial charge in [0.15, 0.2) is 0 Å². The van der Waals surface area contributed by atoms with Crippen LogP contribution in [-0.4, -0.2) is 55.7 Å². The highest BCUT2D eigenvalue weighted by Gasteiger charge is 2.35. The minimum atomic E-state index is -1.87. The van der Waals surface area contributed by atoms with Crippen molar-refractivity contribution in [3.05, 3.63) is 96.0 Å². The number of aliphatic hydroxyl groups is 5. The highest BCUT2D eigenvalue weighted by Crippen LogP contribution is 2.23. The minimum Gasteiger partial charge on any atom is -0.509 e. The molecular weight excluding hydrogens is 404 g/mol. The summed E-state index contributed by atoms with van der Waals surface area (Å²) >= 11 is 0.992. The molecule has 30 heavy (non-hydrogen) atoms. The van der Waals surface area contributed by atoms with E-state index < -0.39 is 30.2 Å². The van der Waals surface area contributed by atoms with Crippen LogP contribution in [0.3, 0.4) is 0 Å². The lowest BCUT2D eigenvalue weighted by atomic mass is 9.99. The third-order valence-corrected chi connectivity index (χ3v) is 4.84. The van der Waals surface area contributed by atoms with Crippen molar-refractivity contribution in [3.8, 4) is 0 Å². The standard InChI is InChI=1S/C23H26O6S/c1-2-13-30-29-19(15-17-11-7-4-8-12-17)21(26)23(28)22(27)20(25)18(24)14-16-9-5-3-6-10-16/h2-12,14-15,20-28H,1,13H2/t20-,21+,22-,23-/m1/s1. The molecule has 2 rings (SSSR count). The highest BCUT2D eigenvalue weighted by molar-refractivity contribution is 7.94. The van der Waals surface area contributed by atoms with Crippen molar-refractivity contribution >= 4 is 24.2 Å². The second-order valence-corrected chi connectivity index (χ2v) is 7.20. The summed E-state index contributed by atoms with van der Waals surface area (Å²) in [5, 5.41) is 51.7. The number of aliphatic hydroxyl groups excluding tert-OH is 5. The van der Waals surface area contributed by atoms with Crippen LogP contribution in [0.15, 0.2) is 84.8 Å². The Hall–Kier alpha value is -2.55. The zero-order chi connectivity index (χ0) is 21.9. The normalized spacial score (nSPS) is 16.4. The molecule has 6 nitrogen and oxygen atoms in total. The van der Waals surface area contributed by atoms with E-state index in [0.717, 1.165) is 12.0 Å². The van der Waals surface area contributed by atoms with Gasteiger partial charge in [0.05, 0.1) is 12.0 Å². The predicted octanol–water partition coefficient (Wildman–Crippen LogP) is 2.92. The Labute approximate surface area is 180 Å². The average molecular weight is 431 g/mol. The molecule has 7 heteroatoms. The fraction of sp³-hybridized carbons (Fsp3) is 0.217. The predicted molar refractivity (Wildman–Crippen MR) is 119 cm³/mol. The molecule has 2 aromatic rings. The lowest BCUT2D eigenvalue weighted by Crippen LogP contribution is -2.46.